The Morgan fingerprint density at radius 1 is 1.04 bits per heavy atom. The molecule has 0 aliphatic rings. The van der Waals surface area contributed by atoms with E-state index in [1.165, 1.54) is 12.1 Å². The lowest BCUT2D eigenvalue weighted by atomic mass is 10.3. The van der Waals surface area contributed by atoms with E-state index in [0.29, 0.717) is 0 Å². The van der Waals surface area contributed by atoms with Crippen LogP contribution in [0.3, 0.4) is 0 Å². The Morgan fingerprint density at radius 3 is 1.96 bits per heavy atom. The second-order valence-corrected chi connectivity index (χ2v) is 5.96. The number of amides is 1. The van der Waals surface area contributed by atoms with E-state index in [-0.39, 0.29) is 24.6 Å². The first-order valence-electron chi connectivity index (χ1n) is 9.61. The average Bonchev–Trinajstić information content (AvgIpc) is 2.75. The van der Waals surface area contributed by atoms with E-state index < -0.39 is 27.9 Å². The van der Waals surface area contributed by atoms with E-state index in [1.54, 1.807) is 25.1 Å². The summed E-state index contributed by atoms with van der Waals surface area (Å²) < 4.78 is 31.4. The summed E-state index contributed by atoms with van der Waals surface area (Å²) in [7, 11) is -3.91. The molecule has 4 N–H and O–H groups in total. The molecule has 164 valence electrons. The number of carbonyl (C=O) groups excluding carboxylic acids is 2. The quantitative estimate of drug-likeness (QED) is 0.553. The number of nitrogens with one attached hydrogen (secondary N) is 2. The van der Waals surface area contributed by atoms with Crippen LogP contribution in [0.25, 0.3) is 0 Å². The molecule has 0 spiro atoms. The van der Waals surface area contributed by atoms with Crippen LogP contribution in [0, 0.1) is 0 Å². The molecule has 1 unspecified atom stereocenters. The molecule has 0 aromatic heterocycles. The lowest BCUT2D eigenvalue weighted by Crippen LogP contribution is -2.49. The summed E-state index contributed by atoms with van der Waals surface area (Å²) in [5.41, 5.74) is 5.14. The molecule has 28 heavy (non-hydrogen) atoms. The number of nitrogens with two attached hydrogens (primary N) is 1. The van der Waals surface area contributed by atoms with Crippen molar-refractivity contribution < 1.29 is 22.7 Å². The number of benzene rings is 1. The lowest BCUT2D eigenvalue weighted by Gasteiger charge is -2.17. The van der Waals surface area contributed by atoms with Crippen LogP contribution >= 0.6 is 0 Å². The van der Waals surface area contributed by atoms with Crippen molar-refractivity contribution in [2.75, 3.05) is 19.7 Å². The monoisotopic (exact) mass is 419 g/mol. The van der Waals surface area contributed by atoms with Crippen molar-refractivity contribution in [2.45, 2.75) is 59.4 Å². The molecule has 1 amide bonds. The SMILES string of the molecule is CC.CC.CC.CCOC(=O)C(CNC(=O)CN)NS(=O)(=O)c1ccccc1. The molecule has 0 saturated heterocycles. The van der Waals surface area contributed by atoms with E-state index in [9.17, 15) is 18.0 Å². The Morgan fingerprint density at radius 2 is 1.54 bits per heavy atom. The molecule has 9 heteroatoms. The van der Waals surface area contributed by atoms with Crippen molar-refractivity contribution in [1.29, 1.82) is 0 Å². The van der Waals surface area contributed by atoms with E-state index in [2.05, 4.69) is 10.0 Å². The molecule has 0 heterocycles. The number of esters is 1. The minimum Gasteiger partial charge on any atom is -0.465 e. The van der Waals surface area contributed by atoms with Crippen LogP contribution in [0.1, 0.15) is 48.5 Å². The van der Waals surface area contributed by atoms with Gasteiger partial charge in [-0.05, 0) is 19.1 Å². The predicted octanol–water partition coefficient (Wildman–Crippen LogP) is 2.05. The number of hydrogen-bond donors (Lipinski definition) is 3. The van der Waals surface area contributed by atoms with E-state index in [4.69, 9.17) is 10.5 Å². The molecule has 1 aromatic carbocycles. The predicted molar refractivity (Wildman–Crippen MR) is 113 cm³/mol. The normalized spacial score (nSPS) is 10.4. The summed E-state index contributed by atoms with van der Waals surface area (Å²) in [5, 5.41) is 2.35. The van der Waals surface area contributed by atoms with Gasteiger partial charge in [-0.3, -0.25) is 9.59 Å². The first kappa shape index (κ1) is 30.7. The maximum atomic E-state index is 12.2. The molecular formula is C19H37N3O5S. The molecule has 0 saturated carbocycles. The molecule has 1 rings (SSSR count). The third kappa shape index (κ3) is 13.2. The van der Waals surface area contributed by atoms with Gasteiger partial charge in [-0.2, -0.15) is 4.72 Å². The molecule has 0 fully saturated rings. The van der Waals surface area contributed by atoms with Crippen molar-refractivity contribution in [1.82, 2.24) is 10.0 Å². The maximum Gasteiger partial charge on any atom is 0.326 e. The van der Waals surface area contributed by atoms with E-state index in [0.717, 1.165) is 0 Å². The molecule has 0 aliphatic carbocycles. The largest absolute Gasteiger partial charge is 0.465 e. The first-order valence-corrected chi connectivity index (χ1v) is 11.1. The second-order valence-electron chi connectivity index (χ2n) is 4.25. The van der Waals surface area contributed by atoms with Crippen LogP contribution in [0.2, 0.25) is 0 Å². The van der Waals surface area contributed by atoms with Crippen LogP contribution in [-0.4, -0.2) is 46.0 Å². The number of rotatable bonds is 8. The smallest absolute Gasteiger partial charge is 0.326 e. The van der Waals surface area contributed by atoms with E-state index >= 15 is 0 Å². The molecule has 0 bridgehead atoms. The fourth-order valence-corrected chi connectivity index (χ4v) is 2.76. The van der Waals surface area contributed by atoms with Crippen LogP contribution in [0.5, 0.6) is 0 Å². The van der Waals surface area contributed by atoms with Gasteiger partial charge in [0, 0.05) is 6.54 Å². The Balaban J connectivity index is -0.000000946. The Bertz CT molecular complexity index is 607. The minimum absolute atomic E-state index is 0.00875. The summed E-state index contributed by atoms with van der Waals surface area (Å²) >= 11 is 0. The molecular weight excluding hydrogens is 382 g/mol. The van der Waals surface area contributed by atoms with Gasteiger partial charge in [-0.1, -0.05) is 59.7 Å². The van der Waals surface area contributed by atoms with E-state index in [1.807, 2.05) is 41.5 Å². The highest BCUT2D eigenvalue weighted by Crippen LogP contribution is 2.08. The van der Waals surface area contributed by atoms with Gasteiger partial charge in [0.1, 0.15) is 6.04 Å². The van der Waals surface area contributed by atoms with Crippen molar-refractivity contribution >= 4 is 21.9 Å². The fourth-order valence-electron chi connectivity index (χ4n) is 1.56. The first-order chi connectivity index (χ1) is 13.4. The van der Waals surface area contributed by atoms with Crippen molar-refractivity contribution in [2.24, 2.45) is 5.73 Å². The van der Waals surface area contributed by atoms with Gasteiger partial charge < -0.3 is 15.8 Å². The Hall–Kier alpha value is -1.97. The van der Waals surface area contributed by atoms with Crippen LogP contribution in [0.15, 0.2) is 35.2 Å². The zero-order valence-electron chi connectivity index (χ0n) is 18.1. The van der Waals surface area contributed by atoms with Crippen molar-refractivity contribution in [3.63, 3.8) is 0 Å². The lowest BCUT2D eigenvalue weighted by molar-refractivity contribution is -0.145. The van der Waals surface area contributed by atoms with Crippen molar-refractivity contribution in [3.8, 4) is 0 Å². The molecule has 8 nitrogen and oxygen atoms in total. The Kier molecular flexibility index (Phi) is 21.7. The molecule has 1 aromatic rings. The number of hydrogen-bond acceptors (Lipinski definition) is 6. The van der Waals surface area contributed by atoms with Crippen LogP contribution in [0.4, 0.5) is 0 Å². The van der Waals surface area contributed by atoms with Crippen molar-refractivity contribution in [3.05, 3.63) is 30.3 Å². The van der Waals surface area contributed by atoms with Gasteiger partial charge in [-0.25, -0.2) is 8.42 Å². The third-order valence-corrected chi connectivity index (χ3v) is 4.10. The molecule has 0 aliphatic heterocycles. The second kappa shape index (κ2) is 19.8. The van der Waals surface area contributed by atoms with Gasteiger partial charge >= 0.3 is 5.97 Å². The van der Waals surface area contributed by atoms with Gasteiger partial charge in [0.15, 0.2) is 0 Å². The highest BCUT2D eigenvalue weighted by atomic mass is 32.2. The zero-order chi connectivity index (χ0) is 22.6. The fraction of sp³-hybridized carbons (Fsp3) is 0.579. The van der Waals surface area contributed by atoms with Crippen LogP contribution in [-0.2, 0) is 24.3 Å². The standard InChI is InChI=1S/C13H19N3O5S.3C2H6/c1-2-21-13(18)11(9-15-12(17)8-14)16-22(19,20)10-6-4-3-5-7-10;3*1-2/h3-7,11,16H,2,8-9,14H2,1H3,(H,15,17);3*1-2H3. The zero-order valence-corrected chi connectivity index (χ0v) is 18.9. The van der Waals surface area contributed by atoms with Gasteiger partial charge in [0.2, 0.25) is 15.9 Å². The summed E-state index contributed by atoms with van der Waals surface area (Å²) in [6, 6.07) is 6.34. The highest BCUT2D eigenvalue weighted by Gasteiger charge is 2.27. The summed E-state index contributed by atoms with van der Waals surface area (Å²) in [4.78, 5) is 23.0. The van der Waals surface area contributed by atoms with Gasteiger partial charge in [0.05, 0.1) is 18.0 Å². The summed E-state index contributed by atoms with van der Waals surface area (Å²) in [6.07, 6.45) is 0. The summed E-state index contributed by atoms with van der Waals surface area (Å²) in [5.74, 6) is -1.28. The molecule has 1 atom stereocenters. The minimum atomic E-state index is -3.91. The highest BCUT2D eigenvalue weighted by molar-refractivity contribution is 7.89. The number of carbonyl (C=O) groups is 2. The summed E-state index contributed by atoms with van der Waals surface area (Å²) in [6.45, 7) is 13.2. The average molecular weight is 420 g/mol. The van der Waals surface area contributed by atoms with Gasteiger partial charge in [0.25, 0.3) is 0 Å². The third-order valence-electron chi connectivity index (χ3n) is 2.61. The van der Waals surface area contributed by atoms with Gasteiger partial charge in [-0.15, -0.1) is 0 Å². The number of sulfonamides is 1. The van der Waals surface area contributed by atoms with Crippen LogP contribution < -0.4 is 15.8 Å². The molecule has 0 radical (unpaired) electrons. The maximum absolute atomic E-state index is 12.2. The number of ether oxygens (including phenoxy) is 1. The topological polar surface area (TPSA) is 128 Å². The Labute approximate surface area is 170 Å².